The van der Waals surface area contributed by atoms with E-state index in [4.69, 9.17) is 14.2 Å². The minimum absolute atomic E-state index is 0.0153. The maximum Gasteiger partial charge on any atom is 0.301 e. The molecule has 2 aliphatic rings. The third kappa shape index (κ3) is 3.95. The van der Waals surface area contributed by atoms with Gasteiger partial charge < -0.3 is 14.2 Å². The summed E-state index contributed by atoms with van der Waals surface area (Å²) in [6, 6.07) is 7.06. The van der Waals surface area contributed by atoms with Crippen LogP contribution in [-0.2, 0) is 19.7 Å². The summed E-state index contributed by atoms with van der Waals surface area (Å²) in [5.41, 5.74) is 0.453. The van der Waals surface area contributed by atoms with Gasteiger partial charge in [-0.3, -0.25) is 4.72 Å². The lowest BCUT2D eigenvalue weighted by Crippen LogP contribution is -2.39. The molecular weight excluding hydrogens is 320 g/mol. The van der Waals surface area contributed by atoms with Crippen LogP contribution in [-0.4, -0.2) is 58.8 Å². The molecule has 2 saturated heterocycles. The van der Waals surface area contributed by atoms with Crippen molar-refractivity contribution >= 4 is 15.9 Å². The molecule has 1 unspecified atom stereocenters. The van der Waals surface area contributed by atoms with E-state index in [1.54, 1.807) is 25.3 Å². The van der Waals surface area contributed by atoms with Crippen molar-refractivity contribution < 1.29 is 22.6 Å². The van der Waals surface area contributed by atoms with Crippen molar-refractivity contribution in [3.63, 3.8) is 0 Å². The maximum atomic E-state index is 12.6. The Labute approximate surface area is 136 Å². The summed E-state index contributed by atoms with van der Waals surface area (Å²) in [6.45, 7) is 2.62. The molecule has 1 atom stereocenters. The summed E-state index contributed by atoms with van der Waals surface area (Å²) in [5.74, 6) is 0.771. The van der Waals surface area contributed by atoms with E-state index in [-0.39, 0.29) is 12.0 Å². The van der Waals surface area contributed by atoms with E-state index in [0.29, 0.717) is 44.3 Å². The number of hydrogen-bond acceptors (Lipinski definition) is 5. The maximum absolute atomic E-state index is 12.6. The Morgan fingerprint density at radius 2 is 2.13 bits per heavy atom. The van der Waals surface area contributed by atoms with Crippen LogP contribution in [0.1, 0.15) is 6.42 Å². The summed E-state index contributed by atoms with van der Waals surface area (Å²) in [5, 5.41) is 0. The zero-order valence-electron chi connectivity index (χ0n) is 13.1. The van der Waals surface area contributed by atoms with Crippen molar-refractivity contribution in [2.75, 3.05) is 44.7 Å². The number of para-hydroxylation sites is 2. The fourth-order valence-electron chi connectivity index (χ4n) is 2.71. The number of methoxy groups -OCH3 is 1. The number of rotatable bonds is 7. The lowest BCUT2D eigenvalue weighted by Gasteiger charge is -2.28. The average Bonchev–Trinajstić information content (AvgIpc) is 2.94. The van der Waals surface area contributed by atoms with Gasteiger partial charge in [0.15, 0.2) is 0 Å². The third-order valence-corrected chi connectivity index (χ3v) is 5.51. The SMILES string of the molecule is COCC1CCN(S(=O)(=O)Nc2ccccc2OC2COC2)C1. The summed E-state index contributed by atoms with van der Waals surface area (Å²) < 4.78 is 45.2. The van der Waals surface area contributed by atoms with Crippen LogP contribution in [0.2, 0.25) is 0 Å². The fourth-order valence-corrected chi connectivity index (χ4v) is 4.03. The quantitative estimate of drug-likeness (QED) is 0.803. The second-order valence-corrected chi connectivity index (χ2v) is 7.52. The topological polar surface area (TPSA) is 77.1 Å². The lowest BCUT2D eigenvalue weighted by molar-refractivity contribution is -0.0793. The van der Waals surface area contributed by atoms with Crippen molar-refractivity contribution in [1.29, 1.82) is 0 Å². The minimum Gasteiger partial charge on any atom is -0.483 e. The zero-order chi connectivity index (χ0) is 16.3. The highest BCUT2D eigenvalue weighted by atomic mass is 32.2. The van der Waals surface area contributed by atoms with E-state index in [1.165, 1.54) is 4.31 Å². The lowest BCUT2D eigenvalue weighted by atomic mass is 10.1. The highest BCUT2D eigenvalue weighted by molar-refractivity contribution is 7.90. The van der Waals surface area contributed by atoms with E-state index in [9.17, 15) is 8.42 Å². The normalized spacial score (nSPS) is 22.7. The van der Waals surface area contributed by atoms with Crippen LogP contribution < -0.4 is 9.46 Å². The molecule has 1 aromatic rings. The number of ether oxygens (including phenoxy) is 3. The molecule has 2 fully saturated rings. The number of nitrogens with zero attached hydrogens (tertiary/aromatic N) is 1. The molecule has 3 rings (SSSR count). The van der Waals surface area contributed by atoms with Crippen LogP contribution in [0.15, 0.2) is 24.3 Å². The van der Waals surface area contributed by atoms with Crippen LogP contribution in [0.3, 0.4) is 0 Å². The third-order valence-electron chi connectivity index (χ3n) is 4.02. The van der Waals surface area contributed by atoms with Gasteiger partial charge in [-0.1, -0.05) is 12.1 Å². The van der Waals surface area contributed by atoms with Crippen molar-refractivity contribution in [3.05, 3.63) is 24.3 Å². The van der Waals surface area contributed by atoms with Crippen LogP contribution in [0.25, 0.3) is 0 Å². The van der Waals surface area contributed by atoms with Gasteiger partial charge in [-0.25, -0.2) is 0 Å². The molecule has 0 saturated carbocycles. The Morgan fingerprint density at radius 3 is 2.83 bits per heavy atom. The second-order valence-electron chi connectivity index (χ2n) is 5.85. The Balaban J connectivity index is 1.68. The predicted molar refractivity (Wildman–Crippen MR) is 85.8 cm³/mol. The molecule has 1 aromatic carbocycles. The van der Waals surface area contributed by atoms with Crippen molar-refractivity contribution in [2.24, 2.45) is 5.92 Å². The van der Waals surface area contributed by atoms with Gasteiger partial charge in [-0.2, -0.15) is 12.7 Å². The Bertz CT molecular complexity index is 633. The monoisotopic (exact) mass is 342 g/mol. The van der Waals surface area contributed by atoms with Crippen molar-refractivity contribution in [3.8, 4) is 5.75 Å². The molecule has 0 radical (unpaired) electrons. The Morgan fingerprint density at radius 1 is 1.35 bits per heavy atom. The fraction of sp³-hybridized carbons (Fsp3) is 0.600. The number of benzene rings is 1. The molecule has 2 heterocycles. The van der Waals surface area contributed by atoms with Gasteiger partial charge in [0.1, 0.15) is 11.9 Å². The molecule has 1 N–H and O–H groups in total. The van der Waals surface area contributed by atoms with Gasteiger partial charge in [-0.05, 0) is 24.5 Å². The van der Waals surface area contributed by atoms with Gasteiger partial charge in [-0.15, -0.1) is 0 Å². The van der Waals surface area contributed by atoms with Crippen LogP contribution in [0.4, 0.5) is 5.69 Å². The van der Waals surface area contributed by atoms with Crippen molar-refractivity contribution in [2.45, 2.75) is 12.5 Å². The van der Waals surface area contributed by atoms with Gasteiger partial charge in [0.2, 0.25) is 0 Å². The molecule has 0 aliphatic carbocycles. The summed E-state index contributed by atoms with van der Waals surface area (Å²) >= 11 is 0. The number of anilines is 1. The van der Waals surface area contributed by atoms with Gasteiger partial charge >= 0.3 is 10.2 Å². The van der Waals surface area contributed by atoms with Crippen LogP contribution in [0.5, 0.6) is 5.75 Å². The van der Waals surface area contributed by atoms with Crippen LogP contribution >= 0.6 is 0 Å². The molecule has 7 nitrogen and oxygen atoms in total. The predicted octanol–water partition coefficient (Wildman–Crippen LogP) is 1.09. The number of nitrogens with one attached hydrogen (secondary N) is 1. The van der Waals surface area contributed by atoms with Gasteiger partial charge in [0.05, 0.1) is 25.5 Å². The van der Waals surface area contributed by atoms with Crippen LogP contribution in [0, 0.1) is 5.92 Å². The minimum atomic E-state index is -3.59. The van der Waals surface area contributed by atoms with E-state index >= 15 is 0 Å². The standard InChI is InChI=1S/C15H22N2O5S/c1-20-9-12-6-7-17(8-12)23(18,19)16-14-4-2-3-5-15(14)22-13-10-21-11-13/h2-5,12-13,16H,6-11H2,1H3. The largest absolute Gasteiger partial charge is 0.483 e. The highest BCUT2D eigenvalue weighted by Gasteiger charge is 2.32. The molecule has 0 bridgehead atoms. The van der Waals surface area contributed by atoms with E-state index in [0.717, 1.165) is 6.42 Å². The smallest absolute Gasteiger partial charge is 0.301 e. The molecule has 23 heavy (non-hydrogen) atoms. The Hall–Kier alpha value is -1.35. The van der Waals surface area contributed by atoms with E-state index < -0.39 is 10.2 Å². The summed E-state index contributed by atoms with van der Waals surface area (Å²) in [7, 11) is -1.96. The molecular formula is C15H22N2O5S. The highest BCUT2D eigenvalue weighted by Crippen LogP contribution is 2.29. The number of hydrogen-bond donors (Lipinski definition) is 1. The first-order valence-electron chi connectivity index (χ1n) is 7.69. The summed E-state index contributed by atoms with van der Waals surface area (Å²) in [4.78, 5) is 0. The summed E-state index contributed by atoms with van der Waals surface area (Å²) in [6.07, 6.45) is 0.797. The van der Waals surface area contributed by atoms with E-state index in [2.05, 4.69) is 4.72 Å². The second kappa shape index (κ2) is 7.04. The first kappa shape index (κ1) is 16.5. The van der Waals surface area contributed by atoms with E-state index in [1.807, 2.05) is 6.07 Å². The van der Waals surface area contributed by atoms with Crippen molar-refractivity contribution in [1.82, 2.24) is 4.31 Å². The average molecular weight is 342 g/mol. The molecule has 8 heteroatoms. The van der Waals surface area contributed by atoms with Gasteiger partial charge in [0.25, 0.3) is 0 Å². The molecule has 0 amide bonds. The van der Waals surface area contributed by atoms with Gasteiger partial charge in [0, 0.05) is 20.2 Å². The Kier molecular flexibility index (Phi) is 5.05. The molecule has 0 spiro atoms. The molecule has 0 aromatic heterocycles. The zero-order valence-corrected chi connectivity index (χ0v) is 13.9. The first-order chi connectivity index (χ1) is 11.1. The molecule has 128 valence electrons. The molecule has 2 aliphatic heterocycles. The first-order valence-corrected chi connectivity index (χ1v) is 9.13.